The fourth-order valence-corrected chi connectivity index (χ4v) is 4.28. The Balaban J connectivity index is 1.57. The molecule has 0 unspecified atom stereocenters. The van der Waals surface area contributed by atoms with Crippen molar-refractivity contribution in [1.82, 2.24) is 5.32 Å². The van der Waals surface area contributed by atoms with Crippen molar-refractivity contribution in [2.24, 2.45) is 5.41 Å². The summed E-state index contributed by atoms with van der Waals surface area (Å²) < 4.78 is 5.53. The number of carbonyl (C=O) groups excluding carboxylic acids is 1. The molecule has 0 spiro atoms. The fraction of sp³-hybridized carbons (Fsp3) is 0.409. The number of ether oxygens (including phenoxy) is 1. The second-order valence-corrected chi connectivity index (χ2v) is 7.48. The summed E-state index contributed by atoms with van der Waals surface area (Å²) >= 11 is 0. The van der Waals surface area contributed by atoms with E-state index in [0.717, 1.165) is 16.7 Å². The van der Waals surface area contributed by atoms with Crippen molar-refractivity contribution in [2.45, 2.75) is 37.8 Å². The van der Waals surface area contributed by atoms with E-state index in [0.29, 0.717) is 38.9 Å². The van der Waals surface area contributed by atoms with Crippen molar-refractivity contribution >= 4 is 5.91 Å². The average molecular weight is 351 g/mol. The molecule has 0 aromatic heterocycles. The Bertz CT molecular complexity index is 768. The molecule has 2 N–H and O–H groups in total. The van der Waals surface area contributed by atoms with Crippen molar-refractivity contribution in [1.29, 1.82) is 0 Å². The molecule has 4 heteroatoms. The summed E-state index contributed by atoms with van der Waals surface area (Å²) in [7, 11) is 0. The Morgan fingerprint density at radius 3 is 2.54 bits per heavy atom. The lowest BCUT2D eigenvalue weighted by Crippen LogP contribution is -2.48. The lowest BCUT2D eigenvalue weighted by atomic mass is 9.74. The van der Waals surface area contributed by atoms with Crippen molar-refractivity contribution in [3.05, 3.63) is 71.3 Å². The highest BCUT2D eigenvalue weighted by molar-refractivity contribution is 5.83. The molecule has 0 saturated carbocycles. The van der Waals surface area contributed by atoms with Crippen LogP contribution in [0.15, 0.2) is 54.6 Å². The summed E-state index contributed by atoms with van der Waals surface area (Å²) in [6, 6.07) is 17.8. The number of aliphatic hydroxyl groups is 1. The highest BCUT2D eigenvalue weighted by Crippen LogP contribution is 2.37. The zero-order valence-electron chi connectivity index (χ0n) is 14.9. The van der Waals surface area contributed by atoms with E-state index in [4.69, 9.17) is 4.74 Å². The molecule has 1 fully saturated rings. The molecule has 4 rings (SSSR count). The second-order valence-electron chi connectivity index (χ2n) is 7.48. The topological polar surface area (TPSA) is 58.6 Å². The standard InChI is InChI=1S/C22H25NO3/c24-19-14-17-8-4-5-9-18(17)20(19)23-21(25)22(10-12-26-13-11-22)15-16-6-2-1-3-7-16/h1-9,19-20,24H,10-15H2,(H,23,25)/t19-,20+/m1/s1. The van der Waals surface area contributed by atoms with Gasteiger partial charge in [0.1, 0.15) is 0 Å². The summed E-state index contributed by atoms with van der Waals surface area (Å²) in [5.74, 6) is 0.0328. The molecule has 2 aliphatic rings. The molecule has 1 aliphatic carbocycles. The third-order valence-corrected chi connectivity index (χ3v) is 5.81. The van der Waals surface area contributed by atoms with Crippen LogP contribution in [0.5, 0.6) is 0 Å². The Hall–Kier alpha value is -2.17. The van der Waals surface area contributed by atoms with Gasteiger partial charge in [-0.05, 0) is 36.0 Å². The summed E-state index contributed by atoms with van der Waals surface area (Å²) in [6.07, 6.45) is 2.14. The van der Waals surface area contributed by atoms with E-state index >= 15 is 0 Å². The lowest BCUT2D eigenvalue weighted by molar-refractivity contribution is -0.138. The second kappa shape index (κ2) is 7.22. The van der Waals surface area contributed by atoms with Crippen molar-refractivity contribution < 1.29 is 14.6 Å². The molecular formula is C22H25NO3. The summed E-state index contributed by atoms with van der Waals surface area (Å²) in [5.41, 5.74) is 2.85. The highest BCUT2D eigenvalue weighted by atomic mass is 16.5. The number of hydrogen-bond donors (Lipinski definition) is 2. The van der Waals surface area contributed by atoms with Gasteiger partial charge in [0.2, 0.25) is 5.91 Å². The zero-order valence-corrected chi connectivity index (χ0v) is 14.9. The number of fused-ring (bicyclic) bond motifs is 1. The van der Waals surface area contributed by atoms with E-state index in [9.17, 15) is 9.90 Å². The van der Waals surface area contributed by atoms with Gasteiger partial charge >= 0.3 is 0 Å². The van der Waals surface area contributed by atoms with Gasteiger partial charge in [-0.1, -0.05) is 54.6 Å². The van der Waals surface area contributed by atoms with Crippen LogP contribution in [0.3, 0.4) is 0 Å². The normalized spacial score (nSPS) is 24.0. The third kappa shape index (κ3) is 3.27. The Kier molecular flexibility index (Phi) is 4.79. The molecule has 0 radical (unpaired) electrons. The van der Waals surface area contributed by atoms with Crippen LogP contribution in [0.4, 0.5) is 0 Å². The van der Waals surface area contributed by atoms with Crippen molar-refractivity contribution in [3.8, 4) is 0 Å². The van der Waals surface area contributed by atoms with Gasteiger partial charge in [0, 0.05) is 19.6 Å². The van der Waals surface area contributed by atoms with Crippen LogP contribution in [-0.2, 0) is 22.4 Å². The molecule has 1 heterocycles. The molecule has 1 saturated heterocycles. The van der Waals surface area contributed by atoms with E-state index < -0.39 is 11.5 Å². The minimum atomic E-state index is -0.565. The predicted molar refractivity (Wildman–Crippen MR) is 99.7 cm³/mol. The first-order chi connectivity index (χ1) is 12.7. The highest BCUT2D eigenvalue weighted by Gasteiger charge is 2.42. The Morgan fingerprint density at radius 2 is 1.77 bits per heavy atom. The first kappa shape index (κ1) is 17.3. The monoisotopic (exact) mass is 351 g/mol. The van der Waals surface area contributed by atoms with Gasteiger partial charge in [-0.2, -0.15) is 0 Å². The van der Waals surface area contributed by atoms with Gasteiger partial charge in [-0.25, -0.2) is 0 Å². The predicted octanol–water partition coefficient (Wildman–Crippen LogP) is 2.80. The molecule has 4 nitrogen and oxygen atoms in total. The molecule has 1 amide bonds. The number of benzene rings is 2. The number of nitrogens with one attached hydrogen (secondary N) is 1. The van der Waals surface area contributed by atoms with E-state index in [1.807, 2.05) is 42.5 Å². The first-order valence-corrected chi connectivity index (χ1v) is 9.36. The summed E-state index contributed by atoms with van der Waals surface area (Å²) in [6.45, 7) is 1.20. The van der Waals surface area contributed by atoms with Crippen LogP contribution in [0.1, 0.15) is 35.6 Å². The molecule has 2 aromatic rings. The molecule has 0 bridgehead atoms. The van der Waals surface area contributed by atoms with Gasteiger partial charge < -0.3 is 15.2 Å². The van der Waals surface area contributed by atoms with Crippen LogP contribution < -0.4 is 5.32 Å². The Morgan fingerprint density at radius 1 is 1.08 bits per heavy atom. The van der Waals surface area contributed by atoms with Crippen LogP contribution in [0.25, 0.3) is 0 Å². The van der Waals surface area contributed by atoms with Gasteiger partial charge in [-0.15, -0.1) is 0 Å². The van der Waals surface area contributed by atoms with Crippen LogP contribution in [-0.4, -0.2) is 30.3 Å². The summed E-state index contributed by atoms with van der Waals surface area (Å²) in [5, 5.41) is 13.7. The third-order valence-electron chi connectivity index (χ3n) is 5.81. The van der Waals surface area contributed by atoms with Crippen molar-refractivity contribution in [3.63, 3.8) is 0 Å². The van der Waals surface area contributed by atoms with Crippen molar-refractivity contribution in [2.75, 3.05) is 13.2 Å². The van der Waals surface area contributed by atoms with Crippen LogP contribution in [0, 0.1) is 5.41 Å². The van der Waals surface area contributed by atoms with Gasteiger partial charge in [0.15, 0.2) is 0 Å². The molecule has 1 aliphatic heterocycles. The largest absolute Gasteiger partial charge is 0.390 e. The molecule has 136 valence electrons. The average Bonchev–Trinajstić information content (AvgIpc) is 2.99. The van der Waals surface area contributed by atoms with Crippen LogP contribution >= 0.6 is 0 Å². The summed E-state index contributed by atoms with van der Waals surface area (Å²) in [4.78, 5) is 13.4. The zero-order chi connectivity index (χ0) is 18.0. The smallest absolute Gasteiger partial charge is 0.227 e. The SMILES string of the molecule is O=C(N[C@H]1c2ccccc2C[C@H]1O)C1(Cc2ccccc2)CCOCC1. The number of amides is 1. The van der Waals surface area contributed by atoms with Gasteiger partial charge in [0.05, 0.1) is 17.6 Å². The van der Waals surface area contributed by atoms with E-state index in [1.54, 1.807) is 0 Å². The number of aliphatic hydroxyl groups excluding tert-OH is 1. The minimum Gasteiger partial charge on any atom is -0.390 e. The molecule has 2 aromatic carbocycles. The Labute approximate surface area is 154 Å². The molecule has 2 atom stereocenters. The van der Waals surface area contributed by atoms with Gasteiger partial charge in [0.25, 0.3) is 0 Å². The number of rotatable bonds is 4. The van der Waals surface area contributed by atoms with E-state index in [2.05, 4.69) is 17.4 Å². The first-order valence-electron chi connectivity index (χ1n) is 9.36. The van der Waals surface area contributed by atoms with E-state index in [1.165, 1.54) is 0 Å². The van der Waals surface area contributed by atoms with Gasteiger partial charge in [-0.3, -0.25) is 4.79 Å². The maximum atomic E-state index is 13.4. The fourth-order valence-electron chi connectivity index (χ4n) is 4.28. The van der Waals surface area contributed by atoms with Crippen LogP contribution in [0.2, 0.25) is 0 Å². The number of carbonyl (C=O) groups is 1. The molecule has 26 heavy (non-hydrogen) atoms. The number of hydrogen-bond acceptors (Lipinski definition) is 3. The minimum absolute atomic E-state index is 0.0328. The molecular weight excluding hydrogens is 326 g/mol. The maximum Gasteiger partial charge on any atom is 0.227 e. The van der Waals surface area contributed by atoms with E-state index in [-0.39, 0.29) is 11.9 Å². The lowest BCUT2D eigenvalue weighted by Gasteiger charge is -2.37. The quantitative estimate of drug-likeness (QED) is 0.890. The maximum absolute atomic E-state index is 13.4.